The summed E-state index contributed by atoms with van der Waals surface area (Å²) in [4.78, 5) is 36.4. The van der Waals surface area contributed by atoms with Crippen LogP contribution in [0.5, 0.6) is 5.75 Å². The smallest absolute Gasteiger partial charge is 0.262 e. The average molecular weight is 460 g/mol. The van der Waals surface area contributed by atoms with Crippen molar-refractivity contribution < 1.29 is 23.5 Å². The Hall–Kier alpha value is -3.20. The van der Waals surface area contributed by atoms with E-state index < -0.39 is 17.6 Å². The van der Waals surface area contributed by atoms with Crippen molar-refractivity contribution in [3.05, 3.63) is 64.0 Å². The molecule has 0 spiro atoms. The van der Waals surface area contributed by atoms with Gasteiger partial charge in [0, 0.05) is 28.6 Å². The monoisotopic (exact) mass is 459 g/mol. The number of hydrogen-bond acceptors (Lipinski definition) is 4. The highest BCUT2D eigenvalue weighted by molar-refractivity contribution is 9.10. The van der Waals surface area contributed by atoms with E-state index in [4.69, 9.17) is 4.74 Å². The fourth-order valence-corrected chi connectivity index (χ4v) is 3.67. The van der Waals surface area contributed by atoms with Crippen LogP contribution in [-0.2, 0) is 14.4 Å². The Balaban J connectivity index is 1.62. The van der Waals surface area contributed by atoms with Crippen LogP contribution in [0.15, 0.2) is 52.6 Å². The first-order valence-electron chi connectivity index (χ1n) is 8.73. The van der Waals surface area contributed by atoms with E-state index in [9.17, 15) is 18.8 Å². The predicted octanol–water partition coefficient (Wildman–Crippen LogP) is 3.05. The van der Waals surface area contributed by atoms with Gasteiger partial charge >= 0.3 is 0 Å². The van der Waals surface area contributed by atoms with Crippen molar-refractivity contribution >= 4 is 45.0 Å². The van der Waals surface area contributed by atoms with Gasteiger partial charge < -0.3 is 20.7 Å². The minimum Gasteiger partial charge on any atom is -0.482 e. The molecule has 4 rings (SSSR count). The Kier molecular flexibility index (Phi) is 5.06. The summed E-state index contributed by atoms with van der Waals surface area (Å²) in [5.41, 5.74) is 1.68. The van der Waals surface area contributed by atoms with E-state index in [0.717, 1.165) is 0 Å². The van der Waals surface area contributed by atoms with Crippen LogP contribution in [0.1, 0.15) is 17.9 Å². The number of nitrogens with one attached hydrogen (secondary N) is 3. The zero-order valence-electron chi connectivity index (χ0n) is 14.9. The Labute approximate surface area is 173 Å². The van der Waals surface area contributed by atoms with E-state index in [1.54, 1.807) is 18.2 Å². The Morgan fingerprint density at radius 1 is 1.21 bits per heavy atom. The van der Waals surface area contributed by atoms with Gasteiger partial charge in [-0.15, -0.1) is 0 Å². The first kappa shape index (κ1) is 19.1. The topological polar surface area (TPSA) is 96.5 Å². The van der Waals surface area contributed by atoms with Crippen LogP contribution in [0.25, 0.3) is 0 Å². The van der Waals surface area contributed by atoms with Crippen molar-refractivity contribution in [3.63, 3.8) is 0 Å². The van der Waals surface area contributed by atoms with E-state index in [1.807, 2.05) is 0 Å². The Morgan fingerprint density at radius 2 is 2.03 bits per heavy atom. The van der Waals surface area contributed by atoms with Gasteiger partial charge in [0.1, 0.15) is 11.6 Å². The zero-order chi connectivity index (χ0) is 20.5. The summed E-state index contributed by atoms with van der Waals surface area (Å²) >= 11 is 3.38. The van der Waals surface area contributed by atoms with Gasteiger partial charge in [-0.1, -0.05) is 12.1 Å². The number of rotatable bonds is 3. The summed E-state index contributed by atoms with van der Waals surface area (Å²) in [6.45, 7) is -0.0763. The van der Waals surface area contributed by atoms with Gasteiger partial charge in [-0.05, 0) is 45.8 Å². The summed E-state index contributed by atoms with van der Waals surface area (Å²) in [5.74, 6) is -1.55. The SMILES string of the molecule is O=C1C[C@@H](c2cccc(F)c2)C(C(=O)Nc2cc3c(cc2Br)OCC(=O)N3)=CN1. The van der Waals surface area contributed by atoms with Crippen molar-refractivity contribution in [1.82, 2.24) is 5.32 Å². The molecule has 2 aromatic carbocycles. The van der Waals surface area contributed by atoms with Crippen LogP contribution in [0.3, 0.4) is 0 Å². The molecule has 2 aliphatic heterocycles. The quantitative estimate of drug-likeness (QED) is 0.656. The molecule has 3 amide bonds. The molecule has 0 bridgehead atoms. The lowest BCUT2D eigenvalue weighted by Crippen LogP contribution is -2.32. The molecule has 29 heavy (non-hydrogen) atoms. The minimum atomic E-state index is -0.584. The zero-order valence-corrected chi connectivity index (χ0v) is 16.5. The highest BCUT2D eigenvalue weighted by atomic mass is 79.9. The Morgan fingerprint density at radius 3 is 2.83 bits per heavy atom. The first-order valence-corrected chi connectivity index (χ1v) is 9.52. The number of anilines is 2. The molecule has 7 nitrogen and oxygen atoms in total. The molecule has 148 valence electrons. The molecule has 0 aromatic heterocycles. The van der Waals surface area contributed by atoms with E-state index in [-0.39, 0.29) is 24.8 Å². The van der Waals surface area contributed by atoms with Crippen LogP contribution in [0.2, 0.25) is 0 Å². The van der Waals surface area contributed by atoms with Gasteiger partial charge in [0.25, 0.3) is 11.8 Å². The molecular formula is C20H15BrFN3O4. The third-order valence-corrected chi connectivity index (χ3v) is 5.27. The second-order valence-corrected chi connectivity index (χ2v) is 7.45. The normalized spacial score (nSPS) is 18.0. The number of benzene rings is 2. The van der Waals surface area contributed by atoms with Crippen molar-refractivity contribution in [2.45, 2.75) is 12.3 Å². The lowest BCUT2D eigenvalue weighted by molar-refractivity contribution is -0.121. The second kappa shape index (κ2) is 7.67. The van der Waals surface area contributed by atoms with E-state index in [0.29, 0.717) is 32.7 Å². The number of carbonyl (C=O) groups is 3. The predicted molar refractivity (Wildman–Crippen MR) is 107 cm³/mol. The van der Waals surface area contributed by atoms with Crippen LogP contribution >= 0.6 is 15.9 Å². The molecule has 1 atom stereocenters. The van der Waals surface area contributed by atoms with E-state index in [2.05, 4.69) is 31.9 Å². The number of carbonyl (C=O) groups excluding carboxylic acids is 3. The molecular weight excluding hydrogens is 445 g/mol. The summed E-state index contributed by atoms with van der Waals surface area (Å²) in [7, 11) is 0. The lowest BCUT2D eigenvalue weighted by Gasteiger charge is -2.25. The largest absolute Gasteiger partial charge is 0.482 e. The molecule has 0 radical (unpaired) electrons. The molecule has 0 saturated carbocycles. The fraction of sp³-hybridized carbons (Fsp3) is 0.150. The number of hydrogen-bond donors (Lipinski definition) is 3. The standard InChI is InChI=1S/C20H15BrFN3O4/c21-14-6-17-16(24-19(27)9-29-17)7-15(14)25-20(28)13-8-23-18(26)5-12(13)10-2-1-3-11(22)4-10/h1-4,6-8,12H,5,9H2,(H,23,26)(H,24,27)(H,25,28)/t12-/m0/s1. The molecule has 2 aliphatic rings. The maximum absolute atomic E-state index is 13.7. The van der Waals surface area contributed by atoms with Crippen molar-refractivity contribution in [3.8, 4) is 5.75 Å². The number of halogens is 2. The van der Waals surface area contributed by atoms with Crippen molar-refractivity contribution in [2.75, 3.05) is 17.2 Å². The second-order valence-electron chi connectivity index (χ2n) is 6.60. The third kappa shape index (κ3) is 4.00. The van der Waals surface area contributed by atoms with Gasteiger partial charge in [0.15, 0.2) is 6.61 Å². The van der Waals surface area contributed by atoms with Gasteiger partial charge in [-0.2, -0.15) is 0 Å². The number of amides is 3. The van der Waals surface area contributed by atoms with Crippen molar-refractivity contribution in [2.24, 2.45) is 0 Å². The van der Waals surface area contributed by atoms with Crippen LogP contribution in [0.4, 0.5) is 15.8 Å². The summed E-state index contributed by atoms with van der Waals surface area (Å²) in [5, 5.41) is 7.98. The fourth-order valence-electron chi connectivity index (χ4n) is 3.25. The van der Waals surface area contributed by atoms with Crippen LogP contribution in [-0.4, -0.2) is 24.3 Å². The summed E-state index contributed by atoms with van der Waals surface area (Å²) in [6.07, 6.45) is 1.37. The number of ether oxygens (including phenoxy) is 1. The highest BCUT2D eigenvalue weighted by Crippen LogP contribution is 2.37. The van der Waals surface area contributed by atoms with Crippen LogP contribution < -0.4 is 20.7 Å². The Bertz CT molecular complexity index is 1070. The molecule has 0 fully saturated rings. The molecule has 0 unspecified atom stereocenters. The number of fused-ring (bicyclic) bond motifs is 1. The lowest BCUT2D eigenvalue weighted by atomic mass is 9.86. The molecule has 3 N–H and O–H groups in total. The van der Waals surface area contributed by atoms with Gasteiger partial charge in [-0.3, -0.25) is 14.4 Å². The molecule has 0 saturated heterocycles. The van der Waals surface area contributed by atoms with Gasteiger partial charge in [0.2, 0.25) is 5.91 Å². The molecule has 9 heteroatoms. The third-order valence-electron chi connectivity index (χ3n) is 4.62. The maximum atomic E-state index is 13.7. The maximum Gasteiger partial charge on any atom is 0.262 e. The summed E-state index contributed by atoms with van der Waals surface area (Å²) in [6, 6.07) is 9.05. The van der Waals surface area contributed by atoms with Crippen LogP contribution in [0, 0.1) is 5.82 Å². The average Bonchev–Trinajstić information content (AvgIpc) is 2.68. The molecule has 0 aliphatic carbocycles. The molecule has 2 aromatic rings. The molecule has 2 heterocycles. The van der Waals surface area contributed by atoms with Gasteiger partial charge in [0.05, 0.1) is 11.4 Å². The highest BCUT2D eigenvalue weighted by Gasteiger charge is 2.29. The first-order chi connectivity index (χ1) is 13.9. The summed E-state index contributed by atoms with van der Waals surface area (Å²) < 4.78 is 19.6. The van der Waals surface area contributed by atoms with Crippen molar-refractivity contribution in [1.29, 1.82) is 0 Å². The van der Waals surface area contributed by atoms with E-state index >= 15 is 0 Å². The van der Waals surface area contributed by atoms with E-state index in [1.165, 1.54) is 24.4 Å². The minimum absolute atomic E-state index is 0.0258. The van der Waals surface area contributed by atoms with Gasteiger partial charge in [-0.25, -0.2) is 4.39 Å².